The van der Waals surface area contributed by atoms with E-state index in [1.807, 2.05) is 41.0 Å². The van der Waals surface area contributed by atoms with Crippen molar-refractivity contribution in [3.05, 3.63) is 60.4 Å². The Morgan fingerprint density at radius 2 is 1.96 bits per heavy atom. The van der Waals surface area contributed by atoms with E-state index >= 15 is 0 Å². The molecule has 1 heterocycles. The van der Waals surface area contributed by atoms with Gasteiger partial charge in [0.15, 0.2) is 0 Å². The van der Waals surface area contributed by atoms with Gasteiger partial charge in [-0.05, 0) is 49.7 Å². The first-order valence-corrected chi connectivity index (χ1v) is 7.64. The number of aliphatic hydroxyl groups is 1. The zero-order chi connectivity index (χ0) is 16.2. The highest BCUT2D eigenvalue weighted by Crippen LogP contribution is 2.18. The van der Waals surface area contributed by atoms with Crippen molar-refractivity contribution in [3.63, 3.8) is 0 Å². The van der Waals surface area contributed by atoms with Gasteiger partial charge in [0.05, 0.1) is 17.1 Å². The predicted molar refractivity (Wildman–Crippen MR) is 89.7 cm³/mol. The molecule has 1 amide bonds. The first kappa shape index (κ1) is 15.2. The van der Waals surface area contributed by atoms with E-state index in [1.165, 1.54) is 0 Å². The second kappa shape index (κ2) is 6.62. The quantitative estimate of drug-likeness (QED) is 0.761. The number of rotatable bonds is 5. The Labute approximate surface area is 134 Å². The highest BCUT2D eigenvalue weighted by atomic mass is 16.3. The van der Waals surface area contributed by atoms with Crippen molar-refractivity contribution in [2.45, 2.75) is 19.4 Å². The fourth-order valence-corrected chi connectivity index (χ4v) is 2.43. The van der Waals surface area contributed by atoms with E-state index in [-0.39, 0.29) is 5.91 Å². The van der Waals surface area contributed by atoms with Crippen molar-refractivity contribution in [1.29, 1.82) is 0 Å². The summed E-state index contributed by atoms with van der Waals surface area (Å²) in [6, 6.07) is 15.3. The fraction of sp³-hybridized carbons (Fsp3) is 0.222. The molecule has 3 aromatic rings. The lowest BCUT2D eigenvalue weighted by molar-refractivity contribution is 0.0945. The van der Waals surface area contributed by atoms with Crippen LogP contribution in [-0.4, -0.2) is 33.2 Å². The lowest BCUT2D eigenvalue weighted by atomic mass is 10.2. The number of aliphatic hydroxyl groups excluding tert-OH is 1. The molecule has 1 unspecified atom stereocenters. The van der Waals surface area contributed by atoms with E-state index in [0.717, 1.165) is 16.7 Å². The van der Waals surface area contributed by atoms with E-state index in [2.05, 4.69) is 10.3 Å². The van der Waals surface area contributed by atoms with E-state index in [9.17, 15) is 9.90 Å². The summed E-state index contributed by atoms with van der Waals surface area (Å²) in [4.78, 5) is 16.4. The highest BCUT2D eigenvalue weighted by Gasteiger charge is 2.07. The van der Waals surface area contributed by atoms with Gasteiger partial charge in [0, 0.05) is 17.8 Å². The number of benzene rings is 2. The molecule has 0 saturated carbocycles. The fourth-order valence-electron chi connectivity index (χ4n) is 2.43. The lowest BCUT2D eigenvalue weighted by Crippen LogP contribution is -2.26. The number of imidazole rings is 1. The lowest BCUT2D eigenvalue weighted by Gasteiger charge is -2.08. The molecule has 2 aromatic carbocycles. The molecule has 0 aliphatic heterocycles. The monoisotopic (exact) mass is 309 g/mol. The maximum absolute atomic E-state index is 12.0. The second-order valence-electron chi connectivity index (χ2n) is 5.54. The molecule has 0 saturated heterocycles. The Bertz CT molecular complexity index is 807. The summed E-state index contributed by atoms with van der Waals surface area (Å²) in [6.45, 7) is 2.17. The van der Waals surface area contributed by atoms with E-state index in [0.29, 0.717) is 18.5 Å². The van der Waals surface area contributed by atoms with Gasteiger partial charge in [-0.15, -0.1) is 0 Å². The SMILES string of the molecule is CC(O)CCNC(=O)c1ccc(-n2cnc3ccccc32)cc1. The number of hydrogen-bond donors (Lipinski definition) is 2. The Kier molecular flexibility index (Phi) is 4.39. The first-order chi connectivity index (χ1) is 11.1. The largest absolute Gasteiger partial charge is 0.393 e. The van der Waals surface area contributed by atoms with Gasteiger partial charge < -0.3 is 10.4 Å². The molecule has 2 N–H and O–H groups in total. The maximum atomic E-state index is 12.0. The number of carbonyl (C=O) groups excluding carboxylic acids is 1. The Hall–Kier alpha value is -2.66. The number of fused-ring (bicyclic) bond motifs is 1. The smallest absolute Gasteiger partial charge is 0.251 e. The number of amides is 1. The molecule has 118 valence electrons. The molecule has 1 atom stereocenters. The van der Waals surface area contributed by atoms with Crippen LogP contribution in [0.2, 0.25) is 0 Å². The minimum atomic E-state index is -0.410. The topological polar surface area (TPSA) is 67.2 Å². The number of para-hydroxylation sites is 2. The summed E-state index contributed by atoms with van der Waals surface area (Å²) in [6.07, 6.45) is 1.92. The van der Waals surface area contributed by atoms with Crippen LogP contribution in [0.4, 0.5) is 0 Å². The average Bonchev–Trinajstić information content (AvgIpc) is 2.98. The van der Waals surface area contributed by atoms with Crippen LogP contribution in [0.3, 0.4) is 0 Å². The van der Waals surface area contributed by atoms with Gasteiger partial charge in [-0.1, -0.05) is 12.1 Å². The van der Waals surface area contributed by atoms with E-state index in [1.54, 1.807) is 25.4 Å². The van der Waals surface area contributed by atoms with Crippen LogP contribution in [0, 0.1) is 0 Å². The molecule has 5 nitrogen and oxygen atoms in total. The molecule has 0 spiro atoms. The molecule has 3 rings (SSSR count). The zero-order valence-electron chi connectivity index (χ0n) is 12.9. The summed E-state index contributed by atoms with van der Waals surface area (Å²) >= 11 is 0. The van der Waals surface area contributed by atoms with Gasteiger partial charge in [0.25, 0.3) is 5.91 Å². The van der Waals surface area contributed by atoms with Gasteiger partial charge in [0.1, 0.15) is 6.33 Å². The number of hydrogen-bond acceptors (Lipinski definition) is 3. The standard InChI is InChI=1S/C18H19N3O2/c1-13(22)10-11-19-18(23)14-6-8-15(9-7-14)21-12-20-16-4-2-3-5-17(16)21/h2-9,12-13,22H,10-11H2,1H3,(H,19,23). The van der Waals surface area contributed by atoms with Crippen molar-refractivity contribution in [1.82, 2.24) is 14.9 Å². The summed E-state index contributed by atoms with van der Waals surface area (Å²) in [7, 11) is 0. The summed E-state index contributed by atoms with van der Waals surface area (Å²) in [5.41, 5.74) is 3.53. The molecule has 0 fully saturated rings. The van der Waals surface area contributed by atoms with Gasteiger partial charge in [-0.3, -0.25) is 9.36 Å². The van der Waals surface area contributed by atoms with Crippen molar-refractivity contribution >= 4 is 16.9 Å². The molecule has 0 bridgehead atoms. The number of nitrogens with one attached hydrogen (secondary N) is 1. The average molecular weight is 309 g/mol. The molecule has 0 radical (unpaired) electrons. The molecular weight excluding hydrogens is 290 g/mol. The second-order valence-corrected chi connectivity index (χ2v) is 5.54. The number of carbonyl (C=O) groups is 1. The minimum absolute atomic E-state index is 0.132. The molecule has 0 aliphatic rings. The van der Waals surface area contributed by atoms with Gasteiger partial charge in [0.2, 0.25) is 0 Å². The molecule has 0 aliphatic carbocycles. The Balaban J connectivity index is 1.75. The van der Waals surface area contributed by atoms with Crippen molar-refractivity contribution in [3.8, 4) is 5.69 Å². The number of aromatic nitrogens is 2. The third-order valence-electron chi connectivity index (χ3n) is 3.71. The first-order valence-electron chi connectivity index (χ1n) is 7.64. The van der Waals surface area contributed by atoms with Crippen LogP contribution >= 0.6 is 0 Å². The van der Waals surface area contributed by atoms with Crippen LogP contribution in [0.15, 0.2) is 54.9 Å². The predicted octanol–water partition coefficient (Wildman–Crippen LogP) is 2.53. The van der Waals surface area contributed by atoms with Crippen molar-refractivity contribution in [2.75, 3.05) is 6.54 Å². The van der Waals surface area contributed by atoms with E-state index < -0.39 is 6.10 Å². The third-order valence-corrected chi connectivity index (χ3v) is 3.71. The van der Waals surface area contributed by atoms with Crippen LogP contribution in [-0.2, 0) is 0 Å². The Morgan fingerprint density at radius 1 is 1.22 bits per heavy atom. The Morgan fingerprint density at radius 3 is 2.70 bits per heavy atom. The molecule has 23 heavy (non-hydrogen) atoms. The van der Waals surface area contributed by atoms with Gasteiger partial charge in [-0.25, -0.2) is 4.98 Å². The maximum Gasteiger partial charge on any atom is 0.251 e. The van der Waals surface area contributed by atoms with Crippen LogP contribution < -0.4 is 5.32 Å². The summed E-state index contributed by atoms with van der Waals surface area (Å²) < 4.78 is 1.99. The number of nitrogens with zero attached hydrogens (tertiary/aromatic N) is 2. The molecular formula is C18H19N3O2. The normalized spacial score (nSPS) is 12.3. The van der Waals surface area contributed by atoms with Crippen molar-refractivity contribution < 1.29 is 9.90 Å². The van der Waals surface area contributed by atoms with Gasteiger partial charge in [-0.2, -0.15) is 0 Å². The van der Waals surface area contributed by atoms with Crippen LogP contribution in [0.1, 0.15) is 23.7 Å². The highest BCUT2D eigenvalue weighted by molar-refractivity contribution is 5.94. The van der Waals surface area contributed by atoms with Crippen LogP contribution in [0.25, 0.3) is 16.7 Å². The van der Waals surface area contributed by atoms with E-state index in [4.69, 9.17) is 0 Å². The van der Waals surface area contributed by atoms with Gasteiger partial charge >= 0.3 is 0 Å². The summed E-state index contributed by atoms with van der Waals surface area (Å²) in [5.74, 6) is -0.132. The summed E-state index contributed by atoms with van der Waals surface area (Å²) in [5, 5.41) is 12.0. The van der Waals surface area contributed by atoms with Crippen LogP contribution in [0.5, 0.6) is 0 Å². The third kappa shape index (κ3) is 3.40. The zero-order valence-corrected chi connectivity index (χ0v) is 12.9. The van der Waals surface area contributed by atoms with Crippen molar-refractivity contribution in [2.24, 2.45) is 0 Å². The minimum Gasteiger partial charge on any atom is -0.393 e. The molecule has 1 aromatic heterocycles. The molecule has 5 heteroatoms.